The quantitative estimate of drug-likeness (QED) is 0.109. The number of rotatable bonds is 25. The van der Waals surface area contributed by atoms with E-state index in [0.717, 1.165) is 71.0 Å². The SMILES string of the molecule is CCCCC/C=C\C/C=C\C/C=C\C/C=C\CCCCOCCCCCCCCCC(=O)O. The molecule has 0 saturated carbocycles. The first-order valence-corrected chi connectivity index (χ1v) is 13.7. The van der Waals surface area contributed by atoms with Crippen molar-refractivity contribution in [2.24, 2.45) is 0 Å². The highest BCUT2D eigenvalue weighted by atomic mass is 16.5. The zero-order valence-electron chi connectivity index (χ0n) is 21.5. The van der Waals surface area contributed by atoms with Crippen LogP contribution in [0, 0.1) is 0 Å². The predicted molar refractivity (Wildman–Crippen MR) is 144 cm³/mol. The van der Waals surface area contributed by atoms with Crippen molar-refractivity contribution in [2.45, 2.75) is 122 Å². The van der Waals surface area contributed by atoms with E-state index in [1.54, 1.807) is 0 Å². The lowest BCUT2D eigenvalue weighted by Crippen LogP contribution is -1.97. The van der Waals surface area contributed by atoms with E-state index in [1.807, 2.05) is 0 Å². The van der Waals surface area contributed by atoms with Crippen LogP contribution >= 0.6 is 0 Å². The van der Waals surface area contributed by atoms with Crippen LogP contribution < -0.4 is 0 Å². The van der Waals surface area contributed by atoms with Gasteiger partial charge in [-0.3, -0.25) is 4.79 Å². The predicted octanol–water partition coefficient (Wildman–Crippen LogP) is 9.35. The van der Waals surface area contributed by atoms with Gasteiger partial charge in [-0.05, 0) is 64.2 Å². The molecule has 0 amide bonds. The lowest BCUT2D eigenvalue weighted by Gasteiger charge is -2.04. The van der Waals surface area contributed by atoms with Crippen LogP contribution in [0.4, 0.5) is 0 Å². The van der Waals surface area contributed by atoms with E-state index in [9.17, 15) is 4.79 Å². The van der Waals surface area contributed by atoms with Gasteiger partial charge in [0.05, 0.1) is 0 Å². The summed E-state index contributed by atoms with van der Waals surface area (Å²) in [5.41, 5.74) is 0. The summed E-state index contributed by atoms with van der Waals surface area (Å²) in [6.45, 7) is 4.00. The molecule has 33 heavy (non-hydrogen) atoms. The first-order chi connectivity index (χ1) is 16.3. The molecule has 0 radical (unpaired) electrons. The molecule has 0 aliphatic carbocycles. The van der Waals surface area contributed by atoms with Crippen molar-refractivity contribution < 1.29 is 14.6 Å². The van der Waals surface area contributed by atoms with Crippen molar-refractivity contribution in [2.75, 3.05) is 13.2 Å². The fraction of sp³-hybridized carbons (Fsp3) is 0.700. The Hall–Kier alpha value is -1.61. The maximum atomic E-state index is 10.4. The van der Waals surface area contributed by atoms with Crippen LogP contribution in [0.2, 0.25) is 0 Å². The average molecular weight is 461 g/mol. The number of hydrogen-bond donors (Lipinski definition) is 1. The van der Waals surface area contributed by atoms with Gasteiger partial charge >= 0.3 is 5.97 Å². The Morgan fingerprint density at radius 3 is 1.52 bits per heavy atom. The number of unbranched alkanes of at least 4 members (excludes halogenated alkanes) is 11. The van der Waals surface area contributed by atoms with E-state index in [0.29, 0.717) is 6.42 Å². The Morgan fingerprint density at radius 1 is 0.576 bits per heavy atom. The molecule has 0 fully saturated rings. The molecule has 0 aromatic rings. The Bertz CT molecular complexity index is 517. The van der Waals surface area contributed by atoms with Crippen LogP contribution in [0.25, 0.3) is 0 Å². The van der Waals surface area contributed by atoms with Crippen molar-refractivity contribution in [3.63, 3.8) is 0 Å². The molecule has 0 aliphatic rings. The van der Waals surface area contributed by atoms with Gasteiger partial charge in [0.15, 0.2) is 0 Å². The number of hydrogen-bond acceptors (Lipinski definition) is 2. The van der Waals surface area contributed by atoms with Crippen molar-refractivity contribution in [3.05, 3.63) is 48.6 Å². The van der Waals surface area contributed by atoms with Gasteiger partial charge in [0, 0.05) is 19.6 Å². The van der Waals surface area contributed by atoms with Crippen LogP contribution in [0.5, 0.6) is 0 Å². The largest absolute Gasteiger partial charge is 0.481 e. The molecule has 0 aromatic heterocycles. The number of aliphatic carboxylic acids is 1. The molecule has 0 heterocycles. The number of carboxylic acids is 1. The molecule has 0 saturated heterocycles. The molecule has 0 bridgehead atoms. The van der Waals surface area contributed by atoms with Crippen molar-refractivity contribution >= 4 is 5.97 Å². The Labute approximate surface area is 205 Å². The van der Waals surface area contributed by atoms with Crippen LogP contribution in [0.3, 0.4) is 0 Å². The zero-order chi connectivity index (χ0) is 24.1. The molecule has 0 unspecified atom stereocenters. The summed E-state index contributed by atoms with van der Waals surface area (Å²) in [5, 5.41) is 8.59. The van der Waals surface area contributed by atoms with E-state index in [1.165, 1.54) is 51.4 Å². The van der Waals surface area contributed by atoms with Crippen LogP contribution in [-0.2, 0) is 9.53 Å². The lowest BCUT2D eigenvalue weighted by molar-refractivity contribution is -0.137. The smallest absolute Gasteiger partial charge is 0.303 e. The van der Waals surface area contributed by atoms with E-state index < -0.39 is 5.97 Å². The molecule has 0 aromatic carbocycles. The maximum Gasteiger partial charge on any atom is 0.303 e. The average Bonchev–Trinajstić information content (AvgIpc) is 2.80. The van der Waals surface area contributed by atoms with Gasteiger partial charge in [0.1, 0.15) is 0 Å². The van der Waals surface area contributed by atoms with Crippen molar-refractivity contribution in [1.82, 2.24) is 0 Å². The molecule has 0 spiro atoms. The monoisotopic (exact) mass is 460 g/mol. The molecule has 0 aliphatic heterocycles. The third-order valence-electron chi connectivity index (χ3n) is 5.55. The fourth-order valence-corrected chi connectivity index (χ4v) is 3.49. The van der Waals surface area contributed by atoms with E-state index in [2.05, 4.69) is 55.5 Å². The van der Waals surface area contributed by atoms with E-state index in [-0.39, 0.29) is 0 Å². The van der Waals surface area contributed by atoms with Gasteiger partial charge in [-0.25, -0.2) is 0 Å². The molecular formula is C30H52O3. The molecule has 3 nitrogen and oxygen atoms in total. The van der Waals surface area contributed by atoms with Gasteiger partial charge in [0.2, 0.25) is 0 Å². The van der Waals surface area contributed by atoms with E-state index >= 15 is 0 Å². The standard InChI is InChI=1S/C30H52O3/c1-2-3-4-5-6-7-8-9-10-11-12-13-14-15-16-19-22-25-28-33-29-26-23-20-17-18-21-24-27-30(31)32/h6-7,9-10,12-13,15-16H,2-5,8,11,14,17-29H2,1H3,(H,31,32)/b7-6-,10-9-,13-12-,16-15-. The lowest BCUT2D eigenvalue weighted by atomic mass is 10.1. The van der Waals surface area contributed by atoms with Gasteiger partial charge in [-0.2, -0.15) is 0 Å². The minimum Gasteiger partial charge on any atom is -0.481 e. The highest BCUT2D eigenvalue weighted by molar-refractivity contribution is 5.66. The summed E-state index contributed by atoms with van der Waals surface area (Å²) in [6.07, 6.45) is 38.1. The topological polar surface area (TPSA) is 46.5 Å². The van der Waals surface area contributed by atoms with Gasteiger partial charge in [0.25, 0.3) is 0 Å². The molecule has 1 N–H and O–H groups in total. The minimum atomic E-state index is -0.675. The second kappa shape index (κ2) is 28.4. The highest BCUT2D eigenvalue weighted by Gasteiger charge is 1.97. The molecule has 190 valence electrons. The second-order valence-electron chi connectivity index (χ2n) is 8.82. The molecule has 3 heteroatoms. The first-order valence-electron chi connectivity index (χ1n) is 13.7. The number of carboxylic acid groups (broad SMARTS) is 1. The van der Waals surface area contributed by atoms with Crippen LogP contribution in [-0.4, -0.2) is 24.3 Å². The number of allylic oxidation sites excluding steroid dienone is 8. The van der Waals surface area contributed by atoms with Crippen LogP contribution in [0.15, 0.2) is 48.6 Å². The first kappa shape index (κ1) is 31.4. The molecule has 0 atom stereocenters. The van der Waals surface area contributed by atoms with Gasteiger partial charge < -0.3 is 9.84 Å². The van der Waals surface area contributed by atoms with Crippen molar-refractivity contribution in [3.8, 4) is 0 Å². The van der Waals surface area contributed by atoms with Gasteiger partial charge in [-0.1, -0.05) is 100 Å². The third-order valence-corrected chi connectivity index (χ3v) is 5.55. The van der Waals surface area contributed by atoms with Gasteiger partial charge in [-0.15, -0.1) is 0 Å². The molecular weight excluding hydrogens is 408 g/mol. The Morgan fingerprint density at radius 2 is 1.00 bits per heavy atom. The Balaban J connectivity index is 3.26. The fourth-order valence-electron chi connectivity index (χ4n) is 3.49. The number of carbonyl (C=O) groups is 1. The summed E-state index contributed by atoms with van der Waals surface area (Å²) in [4.78, 5) is 10.4. The van der Waals surface area contributed by atoms with Crippen molar-refractivity contribution in [1.29, 1.82) is 0 Å². The summed E-state index contributed by atoms with van der Waals surface area (Å²) < 4.78 is 5.72. The summed E-state index contributed by atoms with van der Waals surface area (Å²) in [6, 6.07) is 0. The third kappa shape index (κ3) is 30.4. The molecule has 0 rings (SSSR count). The second-order valence-corrected chi connectivity index (χ2v) is 8.82. The zero-order valence-corrected chi connectivity index (χ0v) is 21.5. The highest BCUT2D eigenvalue weighted by Crippen LogP contribution is 2.09. The summed E-state index contributed by atoms with van der Waals surface area (Å²) in [7, 11) is 0. The summed E-state index contributed by atoms with van der Waals surface area (Å²) >= 11 is 0. The summed E-state index contributed by atoms with van der Waals surface area (Å²) in [5.74, 6) is -0.675. The maximum absolute atomic E-state index is 10.4. The minimum absolute atomic E-state index is 0.316. The number of ether oxygens (including phenoxy) is 1. The van der Waals surface area contributed by atoms with Crippen LogP contribution in [0.1, 0.15) is 122 Å². The Kier molecular flexibility index (Phi) is 27.0. The van der Waals surface area contributed by atoms with E-state index in [4.69, 9.17) is 9.84 Å². The normalized spacial score (nSPS) is 12.3.